The molecule has 2 N–H and O–H groups in total. The average Bonchev–Trinajstić information content (AvgIpc) is 2.38. The van der Waals surface area contributed by atoms with Gasteiger partial charge in [-0.05, 0) is 30.3 Å². The van der Waals surface area contributed by atoms with Crippen molar-refractivity contribution < 1.29 is 4.74 Å². The van der Waals surface area contributed by atoms with Gasteiger partial charge in [0.2, 0.25) is 0 Å². The lowest BCUT2D eigenvalue weighted by molar-refractivity contribution is 0.414. The van der Waals surface area contributed by atoms with Crippen molar-refractivity contribution in [1.82, 2.24) is 0 Å². The predicted molar refractivity (Wildman–Crippen MR) is 69.8 cm³/mol. The van der Waals surface area contributed by atoms with E-state index in [1.165, 1.54) is 0 Å². The van der Waals surface area contributed by atoms with Gasteiger partial charge in [0.25, 0.3) is 0 Å². The Hall–Kier alpha value is -2.40. The number of hydrogen-bond donors (Lipinski definition) is 1. The third-order valence-electron chi connectivity index (χ3n) is 2.37. The van der Waals surface area contributed by atoms with Gasteiger partial charge in [-0.3, -0.25) is 0 Å². The Balaban J connectivity index is 2.30. The van der Waals surface area contributed by atoms with Crippen molar-refractivity contribution in [2.24, 2.45) is 0 Å². The van der Waals surface area contributed by atoms with Crippen LogP contribution in [-0.2, 0) is 0 Å². The molecule has 84 valence electrons. The molecular weight excluding hydrogens is 210 g/mol. The number of anilines is 1. The van der Waals surface area contributed by atoms with Gasteiger partial charge in [-0.1, -0.05) is 30.0 Å². The van der Waals surface area contributed by atoms with Crippen molar-refractivity contribution in [2.45, 2.75) is 0 Å². The number of methoxy groups -OCH3 is 1. The van der Waals surface area contributed by atoms with Gasteiger partial charge in [0.05, 0.1) is 7.11 Å². The third kappa shape index (κ3) is 2.79. The first-order valence-electron chi connectivity index (χ1n) is 5.30. The van der Waals surface area contributed by atoms with E-state index in [9.17, 15) is 0 Å². The quantitative estimate of drug-likeness (QED) is 0.596. The van der Waals surface area contributed by atoms with Gasteiger partial charge in [0.15, 0.2) is 0 Å². The molecule has 2 aromatic carbocycles. The van der Waals surface area contributed by atoms with E-state index in [0.29, 0.717) is 5.69 Å². The number of hydrogen-bond acceptors (Lipinski definition) is 2. The van der Waals surface area contributed by atoms with E-state index in [4.69, 9.17) is 10.5 Å². The van der Waals surface area contributed by atoms with Crippen LogP contribution < -0.4 is 10.5 Å². The molecular formula is C15H13NO. The summed E-state index contributed by atoms with van der Waals surface area (Å²) in [6, 6.07) is 15.2. The van der Waals surface area contributed by atoms with Crippen LogP contribution in [-0.4, -0.2) is 7.11 Å². The van der Waals surface area contributed by atoms with Crippen LogP contribution in [0.1, 0.15) is 11.1 Å². The van der Waals surface area contributed by atoms with Crippen LogP contribution in [0, 0.1) is 11.8 Å². The van der Waals surface area contributed by atoms with E-state index < -0.39 is 0 Å². The third-order valence-corrected chi connectivity index (χ3v) is 2.37. The smallest absolute Gasteiger partial charge is 0.120 e. The van der Waals surface area contributed by atoms with Crippen LogP contribution in [0.15, 0.2) is 48.5 Å². The molecule has 2 nitrogen and oxygen atoms in total. The Morgan fingerprint density at radius 1 is 1.00 bits per heavy atom. The Labute approximate surface area is 101 Å². The highest BCUT2D eigenvalue weighted by molar-refractivity contribution is 5.57. The van der Waals surface area contributed by atoms with Crippen molar-refractivity contribution >= 4 is 5.69 Å². The largest absolute Gasteiger partial charge is 0.497 e. The standard InChI is InChI=1S/C15H13NO/c1-17-14-7-4-5-12(11-14)9-10-13-6-2-3-8-15(13)16/h2-8,11H,16H2,1H3. The first-order chi connectivity index (χ1) is 8.29. The maximum absolute atomic E-state index is 5.81. The maximum atomic E-state index is 5.81. The summed E-state index contributed by atoms with van der Waals surface area (Å²) in [5, 5.41) is 0. The van der Waals surface area contributed by atoms with Gasteiger partial charge in [-0.25, -0.2) is 0 Å². The molecule has 2 heteroatoms. The molecule has 0 spiro atoms. The van der Waals surface area contributed by atoms with Gasteiger partial charge in [0, 0.05) is 16.8 Å². The Morgan fingerprint density at radius 3 is 2.59 bits per heavy atom. The van der Waals surface area contributed by atoms with Gasteiger partial charge in [0.1, 0.15) is 5.75 Å². The fraction of sp³-hybridized carbons (Fsp3) is 0.0667. The molecule has 0 amide bonds. The summed E-state index contributed by atoms with van der Waals surface area (Å²) in [6.07, 6.45) is 0. The molecule has 17 heavy (non-hydrogen) atoms. The number of para-hydroxylation sites is 1. The summed E-state index contributed by atoms with van der Waals surface area (Å²) in [6.45, 7) is 0. The van der Waals surface area contributed by atoms with E-state index in [-0.39, 0.29) is 0 Å². The summed E-state index contributed by atoms with van der Waals surface area (Å²) >= 11 is 0. The fourth-order valence-corrected chi connectivity index (χ4v) is 1.45. The molecule has 2 rings (SSSR count). The molecule has 0 radical (unpaired) electrons. The van der Waals surface area contributed by atoms with E-state index in [1.807, 2.05) is 48.5 Å². The van der Waals surface area contributed by atoms with Crippen LogP contribution >= 0.6 is 0 Å². The average molecular weight is 223 g/mol. The second-order valence-electron chi connectivity index (χ2n) is 3.57. The zero-order valence-corrected chi connectivity index (χ0v) is 9.60. The van der Waals surface area contributed by atoms with Crippen LogP contribution in [0.3, 0.4) is 0 Å². The molecule has 0 aliphatic rings. The predicted octanol–water partition coefficient (Wildman–Crippen LogP) is 2.68. The normalized spacial score (nSPS) is 9.24. The van der Waals surface area contributed by atoms with Gasteiger partial charge in [-0.15, -0.1) is 0 Å². The summed E-state index contributed by atoms with van der Waals surface area (Å²) in [5.41, 5.74) is 8.26. The molecule has 0 fully saturated rings. The van der Waals surface area contributed by atoms with Crippen molar-refractivity contribution in [3.8, 4) is 17.6 Å². The topological polar surface area (TPSA) is 35.2 Å². The lowest BCUT2D eigenvalue weighted by Crippen LogP contribution is -1.88. The second-order valence-corrected chi connectivity index (χ2v) is 3.57. The van der Waals surface area contributed by atoms with Crippen LogP contribution in [0.25, 0.3) is 0 Å². The Kier molecular flexibility index (Phi) is 3.32. The second kappa shape index (κ2) is 5.09. The lowest BCUT2D eigenvalue weighted by atomic mass is 10.1. The minimum absolute atomic E-state index is 0.697. The van der Waals surface area contributed by atoms with Crippen LogP contribution in [0.5, 0.6) is 5.75 Å². The number of ether oxygens (including phenoxy) is 1. The number of rotatable bonds is 1. The highest BCUT2D eigenvalue weighted by atomic mass is 16.5. The minimum atomic E-state index is 0.697. The number of nitrogen functional groups attached to an aromatic ring is 1. The minimum Gasteiger partial charge on any atom is -0.497 e. The molecule has 0 saturated heterocycles. The van der Waals surface area contributed by atoms with E-state index in [1.54, 1.807) is 7.11 Å². The maximum Gasteiger partial charge on any atom is 0.120 e. The van der Waals surface area contributed by atoms with Gasteiger partial charge < -0.3 is 10.5 Å². The van der Waals surface area contributed by atoms with Crippen molar-refractivity contribution in [3.63, 3.8) is 0 Å². The monoisotopic (exact) mass is 223 g/mol. The number of nitrogens with two attached hydrogens (primary N) is 1. The van der Waals surface area contributed by atoms with Crippen LogP contribution in [0.2, 0.25) is 0 Å². The molecule has 0 bridgehead atoms. The first-order valence-corrected chi connectivity index (χ1v) is 5.30. The summed E-state index contributed by atoms with van der Waals surface area (Å²) < 4.78 is 5.14. The highest BCUT2D eigenvalue weighted by Gasteiger charge is 1.93. The van der Waals surface area contributed by atoms with E-state index in [2.05, 4.69) is 11.8 Å². The van der Waals surface area contributed by atoms with Gasteiger partial charge in [-0.2, -0.15) is 0 Å². The molecule has 0 heterocycles. The molecule has 0 atom stereocenters. The lowest BCUT2D eigenvalue weighted by Gasteiger charge is -1.98. The molecule has 0 aromatic heterocycles. The Bertz CT molecular complexity index is 579. The summed E-state index contributed by atoms with van der Waals surface area (Å²) in [5.74, 6) is 6.92. The van der Waals surface area contributed by atoms with Crippen LogP contribution in [0.4, 0.5) is 5.69 Å². The van der Waals surface area contributed by atoms with Gasteiger partial charge >= 0.3 is 0 Å². The molecule has 0 saturated carbocycles. The zero-order valence-electron chi connectivity index (χ0n) is 9.60. The fourth-order valence-electron chi connectivity index (χ4n) is 1.45. The molecule has 0 aliphatic carbocycles. The van der Waals surface area contributed by atoms with E-state index in [0.717, 1.165) is 16.9 Å². The SMILES string of the molecule is COc1cccc(C#Cc2ccccc2N)c1. The molecule has 0 unspecified atom stereocenters. The Morgan fingerprint density at radius 2 is 1.82 bits per heavy atom. The van der Waals surface area contributed by atoms with Crippen molar-refractivity contribution in [2.75, 3.05) is 12.8 Å². The molecule has 2 aromatic rings. The zero-order chi connectivity index (χ0) is 12.1. The highest BCUT2D eigenvalue weighted by Crippen LogP contribution is 2.12. The van der Waals surface area contributed by atoms with Crippen molar-refractivity contribution in [1.29, 1.82) is 0 Å². The first kappa shape index (κ1) is 11.1. The number of benzene rings is 2. The summed E-state index contributed by atoms with van der Waals surface area (Å²) in [7, 11) is 1.64. The van der Waals surface area contributed by atoms with E-state index >= 15 is 0 Å². The molecule has 0 aliphatic heterocycles. The summed E-state index contributed by atoms with van der Waals surface area (Å²) in [4.78, 5) is 0. The van der Waals surface area contributed by atoms with Crippen molar-refractivity contribution in [3.05, 3.63) is 59.7 Å².